The molecule has 3 heteroatoms. The van der Waals surface area contributed by atoms with Crippen LogP contribution in [0.25, 0.3) is 0 Å². The van der Waals surface area contributed by atoms with E-state index in [0.717, 1.165) is 24.8 Å². The average Bonchev–Trinajstić information content (AvgIpc) is 3.06. The number of pyridine rings is 1. The summed E-state index contributed by atoms with van der Waals surface area (Å²) in [6, 6.07) is 6.90. The van der Waals surface area contributed by atoms with Gasteiger partial charge in [0.05, 0.1) is 0 Å². The van der Waals surface area contributed by atoms with E-state index in [2.05, 4.69) is 27.3 Å². The van der Waals surface area contributed by atoms with E-state index in [0.29, 0.717) is 6.04 Å². The fraction of sp³-hybridized carbons (Fsp3) is 0.722. The van der Waals surface area contributed by atoms with Gasteiger partial charge in [0.15, 0.2) is 0 Å². The molecule has 0 radical (unpaired) electrons. The fourth-order valence-electron chi connectivity index (χ4n) is 3.85. The second-order valence-corrected chi connectivity index (χ2v) is 6.70. The van der Waals surface area contributed by atoms with Crippen LogP contribution in [0.4, 0.5) is 5.82 Å². The minimum atomic E-state index is 0.716. The van der Waals surface area contributed by atoms with Crippen LogP contribution in [0.5, 0.6) is 0 Å². The van der Waals surface area contributed by atoms with Crippen molar-refractivity contribution >= 4 is 5.82 Å². The molecule has 0 bridgehead atoms. The molecule has 0 amide bonds. The third-order valence-electron chi connectivity index (χ3n) is 5.17. The predicted molar refractivity (Wildman–Crippen MR) is 88.7 cm³/mol. The lowest BCUT2D eigenvalue weighted by Gasteiger charge is -2.33. The molecule has 0 aromatic carbocycles. The van der Waals surface area contributed by atoms with Gasteiger partial charge in [-0.2, -0.15) is 0 Å². The molecule has 2 heterocycles. The minimum absolute atomic E-state index is 0.716. The highest BCUT2D eigenvalue weighted by Crippen LogP contribution is 2.28. The summed E-state index contributed by atoms with van der Waals surface area (Å²) in [7, 11) is 0. The second-order valence-electron chi connectivity index (χ2n) is 6.70. The van der Waals surface area contributed by atoms with E-state index < -0.39 is 0 Å². The average molecular weight is 287 g/mol. The Hall–Kier alpha value is -1.09. The number of aromatic nitrogens is 1. The largest absolute Gasteiger partial charge is 0.357 e. The van der Waals surface area contributed by atoms with Crippen LogP contribution in [0.2, 0.25) is 0 Å². The third kappa shape index (κ3) is 4.44. The maximum absolute atomic E-state index is 4.45. The maximum atomic E-state index is 4.45. The Labute approximate surface area is 129 Å². The predicted octanol–water partition coefficient (Wildman–Crippen LogP) is 3.61. The normalized spacial score (nSPS) is 21.0. The molecule has 0 atom stereocenters. The van der Waals surface area contributed by atoms with Crippen LogP contribution in [-0.2, 0) is 0 Å². The van der Waals surface area contributed by atoms with Crippen molar-refractivity contribution in [3.05, 3.63) is 24.4 Å². The van der Waals surface area contributed by atoms with Gasteiger partial charge in [0.1, 0.15) is 5.82 Å². The van der Waals surface area contributed by atoms with Crippen molar-refractivity contribution in [2.24, 2.45) is 5.92 Å². The number of rotatable bonds is 6. The highest BCUT2D eigenvalue weighted by atomic mass is 15.2. The summed E-state index contributed by atoms with van der Waals surface area (Å²) >= 11 is 0. The molecule has 116 valence electrons. The van der Waals surface area contributed by atoms with E-state index in [4.69, 9.17) is 0 Å². The molecule has 0 unspecified atom stereocenters. The fourth-order valence-corrected chi connectivity index (χ4v) is 3.85. The summed E-state index contributed by atoms with van der Waals surface area (Å²) in [4.78, 5) is 6.87. The summed E-state index contributed by atoms with van der Waals surface area (Å²) < 4.78 is 0. The van der Waals surface area contributed by atoms with Gasteiger partial charge in [-0.25, -0.2) is 4.98 Å². The van der Waals surface area contributed by atoms with Gasteiger partial charge in [-0.15, -0.1) is 0 Å². The first-order valence-corrected chi connectivity index (χ1v) is 8.81. The molecule has 2 fully saturated rings. The molecular weight excluding hydrogens is 258 g/mol. The summed E-state index contributed by atoms with van der Waals surface area (Å²) in [5.41, 5.74) is 0. The van der Waals surface area contributed by atoms with E-state index in [9.17, 15) is 0 Å². The van der Waals surface area contributed by atoms with Crippen molar-refractivity contribution in [2.75, 3.05) is 24.5 Å². The van der Waals surface area contributed by atoms with Gasteiger partial charge in [0.25, 0.3) is 0 Å². The highest BCUT2D eigenvalue weighted by Gasteiger charge is 2.19. The highest BCUT2D eigenvalue weighted by molar-refractivity contribution is 5.38. The zero-order valence-electron chi connectivity index (χ0n) is 13.1. The van der Waals surface area contributed by atoms with Crippen molar-refractivity contribution in [1.29, 1.82) is 0 Å². The Morgan fingerprint density at radius 2 is 1.90 bits per heavy atom. The minimum Gasteiger partial charge on any atom is -0.357 e. The van der Waals surface area contributed by atoms with Crippen molar-refractivity contribution in [3.8, 4) is 0 Å². The maximum Gasteiger partial charge on any atom is 0.128 e. The first kappa shape index (κ1) is 14.8. The zero-order valence-corrected chi connectivity index (χ0v) is 13.1. The van der Waals surface area contributed by atoms with Crippen molar-refractivity contribution in [1.82, 2.24) is 10.3 Å². The van der Waals surface area contributed by atoms with E-state index in [1.54, 1.807) is 0 Å². The molecule has 1 aliphatic heterocycles. The second kappa shape index (κ2) is 7.79. The van der Waals surface area contributed by atoms with Crippen LogP contribution >= 0.6 is 0 Å². The van der Waals surface area contributed by atoms with E-state index in [1.165, 1.54) is 57.9 Å². The molecular formula is C18H29N3. The van der Waals surface area contributed by atoms with Crippen molar-refractivity contribution in [2.45, 2.75) is 57.4 Å². The molecule has 2 aliphatic rings. The topological polar surface area (TPSA) is 28.2 Å². The van der Waals surface area contributed by atoms with Crippen LogP contribution in [0.1, 0.15) is 51.4 Å². The van der Waals surface area contributed by atoms with Gasteiger partial charge in [-0.05, 0) is 50.3 Å². The number of hydrogen-bond donors (Lipinski definition) is 1. The van der Waals surface area contributed by atoms with Gasteiger partial charge in [-0.3, -0.25) is 0 Å². The van der Waals surface area contributed by atoms with Crippen LogP contribution in [0.3, 0.4) is 0 Å². The molecule has 1 saturated carbocycles. The van der Waals surface area contributed by atoms with E-state index >= 15 is 0 Å². The first-order chi connectivity index (χ1) is 10.4. The molecule has 1 aromatic rings. The molecule has 3 nitrogen and oxygen atoms in total. The quantitative estimate of drug-likeness (QED) is 0.810. The number of nitrogens with zero attached hydrogens (tertiary/aromatic N) is 2. The third-order valence-corrected chi connectivity index (χ3v) is 5.17. The SMILES string of the molecule is c1ccc(N2CCC(NCCCC3CCCC3)CC2)nc1. The molecule has 1 aliphatic carbocycles. The lowest BCUT2D eigenvalue weighted by Crippen LogP contribution is -2.43. The first-order valence-electron chi connectivity index (χ1n) is 8.81. The Morgan fingerprint density at radius 1 is 1.10 bits per heavy atom. The number of hydrogen-bond acceptors (Lipinski definition) is 3. The molecule has 3 rings (SSSR count). The molecule has 1 aromatic heterocycles. The zero-order chi connectivity index (χ0) is 14.3. The van der Waals surface area contributed by atoms with Crippen molar-refractivity contribution in [3.63, 3.8) is 0 Å². The lowest BCUT2D eigenvalue weighted by atomic mass is 10.0. The van der Waals surface area contributed by atoms with Gasteiger partial charge >= 0.3 is 0 Å². The molecule has 1 saturated heterocycles. The summed E-state index contributed by atoms with van der Waals surface area (Å²) in [6.45, 7) is 3.49. The van der Waals surface area contributed by atoms with E-state index in [1.807, 2.05) is 12.3 Å². The monoisotopic (exact) mass is 287 g/mol. The van der Waals surface area contributed by atoms with Gasteiger partial charge in [0.2, 0.25) is 0 Å². The van der Waals surface area contributed by atoms with Crippen LogP contribution in [0, 0.1) is 5.92 Å². The number of anilines is 1. The van der Waals surface area contributed by atoms with Gasteiger partial charge in [0, 0.05) is 25.3 Å². The van der Waals surface area contributed by atoms with Crippen LogP contribution < -0.4 is 10.2 Å². The van der Waals surface area contributed by atoms with Gasteiger partial charge < -0.3 is 10.2 Å². The van der Waals surface area contributed by atoms with Crippen LogP contribution in [-0.4, -0.2) is 30.7 Å². The van der Waals surface area contributed by atoms with Gasteiger partial charge in [-0.1, -0.05) is 31.7 Å². The van der Waals surface area contributed by atoms with Crippen LogP contribution in [0.15, 0.2) is 24.4 Å². The number of nitrogens with one attached hydrogen (secondary N) is 1. The standard InChI is InChI=1S/C18H29N3/c1-2-7-16(6-1)8-5-13-19-17-10-14-21(15-11-17)18-9-3-4-12-20-18/h3-4,9,12,16-17,19H,1-2,5-8,10-11,13-15H2. The Balaban J connectivity index is 1.30. The summed E-state index contributed by atoms with van der Waals surface area (Å²) in [5, 5.41) is 3.77. The van der Waals surface area contributed by atoms with Crippen molar-refractivity contribution < 1.29 is 0 Å². The Bertz CT molecular complexity index is 392. The Morgan fingerprint density at radius 3 is 2.62 bits per heavy atom. The summed E-state index contributed by atoms with van der Waals surface area (Å²) in [6.07, 6.45) is 13.1. The van der Waals surface area contributed by atoms with E-state index in [-0.39, 0.29) is 0 Å². The molecule has 0 spiro atoms. The molecule has 1 N–H and O–H groups in total. The number of piperidine rings is 1. The lowest BCUT2D eigenvalue weighted by molar-refractivity contribution is 0.394. The smallest absolute Gasteiger partial charge is 0.128 e. The summed E-state index contributed by atoms with van der Waals surface area (Å²) in [5.74, 6) is 2.18. The molecule has 21 heavy (non-hydrogen) atoms. The Kier molecular flexibility index (Phi) is 5.50.